The number of likely N-dealkylation sites (N-methyl/N-ethyl adjacent to an activating group) is 1. The van der Waals surface area contributed by atoms with E-state index in [0.717, 1.165) is 22.9 Å². The highest BCUT2D eigenvalue weighted by Crippen LogP contribution is 2.22. The number of ether oxygens (including phenoxy) is 1. The molecule has 1 aromatic heterocycles. The first-order valence-electron chi connectivity index (χ1n) is 7.02. The van der Waals surface area contributed by atoms with Crippen LogP contribution in [0.15, 0.2) is 24.3 Å². The highest BCUT2D eigenvalue weighted by Gasteiger charge is 2.19. The highest BCUT2D eigenvalue weighted by atomic mass is 35.5. The van der Waals surface area contributed by atoms with Gasteiger partial charge in [-0.15, -0.1) is 11.3 Å². The molecule has 1 N–H and O–H groups in total. The number of nitrogens with zero attached hydrogens (tertiary/aromatic N) is 1. The quantitative estimate of drug-likeness (QED) is 0.871. The van der Waals surface area contributed by atoms with E-state index in [1.807, 2.05) is 31.3 Å². The van der Waals surface area contributed by atoms with Crippen LogP contribution in [0.5, 0.6) is 5.75 Å². The minimum Gasteiger partial charge on any atom is -0.489 e. The van der Waals surface area contributed by atoms with Crippen molar-refractivity contribution < 1.29 is 4.74 Å². The fourth-order valence-electron chi connectivity index (χ4n) is 2.15. The molecule has 2 aromatic rings. The molecular formula is C16H21ClN2OS. The van der Waals surface area contributed by atoms with Crippen LogP contribution >= 0.6 is 22.9 Å². The van der Waals surface area contributed by atoms with Gasteiger partial charge < -0.3 is 10.1 Å². The van der Waals surface area contributed by atoms with Crippen molar-refractivity contribution >= 4 is 22.9 Å². The Hall–Kier alpha value is -1.10. The predicted octanol–water partition coefficient (Wildman–Crippen LogP) is 4.01. The van der Waals surface area contributed by atoms with E-state index in [4.69, 9.17) is 16.3 Å². The van der Waals surface area contributed by atoms with Gasteiger partial charge in [0, 0.05) is 22.4 Å². The summed E-state index contributed by atoms with van der Waals surface area (Å²) in [4.78, 5) is 5.88. The molecular weight excluding hydrogens is 304 g/mol. The van der Waals surface area contributed by atoms with Gasteiger partial charge in [0.15, 0.2) is 0 Å². The number of aryl methyl sites for hydroxylation is 2. The summed E-state index contributed by atoms with van der Waals surface area (Å²) in [7, 11) is 1.95. The van der Waals surface area contributed by atoms with Gasteiger partial charge in [-0.05, 0) is 46.0 Å². The van der Waals surface area contributed by atoms with Crippen LogP contribution in [0.2, 0.25) is 5.02 Å². The minimum absolute atomic E-state index is 0.0259. The molecule has 1 heterocycles. The van der Waals surface area contributed by atoms with Gasteiger partial charge in [0.2, 0.25) is 0 Å². The van der Waals surface area contributed by atoms with Crippen LogP contribution in [0.25, 0.3) is 0 Å². The smallest absolute Gasteiger partial charge is 0.121 e. The first kappa shape index (κ1) is 16.3. The van der Waals surface area contributed by atoms with Gasteiger partial charge in [-0.2, -0.15) is 0 Å². The molecule has 114 valence electrons. The molecule has 0 aliphatic heterocycles. The van der Waals surface area contributed by atoms with Crippen molar-refractivity contribution in [3.05, 3.63) is 44.9 Å². The van der Waals surface area contributed by atoms with Crippen molar-refractivity contribution in [2.45, 2.75) is 39.3 Å². The Kier molecular flexibility index (Phi) is 5.62. The number of halogens is 1. The van der Waals surface area contributed by atoms with Crippen molar-refractivity contribution in [1.29, 1.82) is 0 Å². The molecule has 0 aliphatic carbocycles. The average Bonchev–Trinajstić information content (AvgIpc) is 2.74. The van der Waals surface area contributed by atoms with E-state index in [1.54, 1.807) is 11.3 Å². The van der Waals surface area contributed by atoms with Crippen LogP contribution < -0.4 is 10.1 Å². The second-order valence-electron chi connectivity index (χ2n) is 5.13. The lowest BCUT2D eigenvalue weighted by atomic mass is 10.1. The first-order valence-corrected chi connectivity index (χ1v) is 8.21. The number of nitrogens with one attached hydrogen (secondary N) is 1. The SMILES string of the molecule is CNC(Cc1nc(C)c(C)s1)C(C)Oc1cccc(Cl)c1. The lowest BCUT2D eigenvalue weighted by molar-refractivity contribution is 0.174. The van der Waals surface area contributed by atoms with Crippen LogP contribution in [0.1, 0.15) is 22.5 Å². The summed E-state index contributed by atoms with van der Waals surface area (Å²) in [5.74, 6) is 0.793. The molecule has 0 saturated carbocycles. The van der Waals surface area contributed by atoms with E-state index in [2.05, 4.69) is 31.1 Å². The van der Waals surface area contributed by atoms with E-state index < -0.39 is 0 Å². The summed E-state index contributed by atoms with van der Waals surface area (Å²) in [6.45, 7) is 6.22. The second kappa shape index (κ2) is 7.25. The van der Waals surface area contributed by atoms with Crippen LogP contribution in [0.4, 0.5) is 0 Å². The number of hydrogen-bond acceptors (Lipinski definition) is 4. The van der Waals surface area contributed by atoms with Gasteiger partial charge in [0.05, 0.1) is 10.7 Å². The number of benzene rings is 1. The number of rotatable bonds is 6. The molecule has 0 fully saturated rings. The van der Waals surface area contributed by atoms with Gasteiger partial charge in [-0.1, -0.05) is 17.7 Å². The molecule has 0 amide bonds. The third-order valence-corrected chi connectivity index (χ3v) is 4.85. The van der Waals surface area contributed by atoms with Gasteiger partial charge in [0.25, 0.3) is 0 Å². The molecule has 1 aromatic carbocycles. The number of aromatic nitrogens is 1. The number of thiazole rings is 1. The molecule has 2 unspecified atom stereocenters. The van der Waals surface area contributed by atoms with Crippen LogP contribution in [-0.2, 0) is 6.42 Å². The molecule has 0 spiro atoms. The van der Waals surface area contributed by atoms with Crippen molar-refractivity contribution in [1.82, 2.24) is 10.3 Å². The maximum atomic E-state index is 5.99. The summed E-state index contributed by atoms with van der Waals surface area (Å²) < 4.78 is 5.99. The van der Waals surface area contributed by atoms with Crippen LogP contribution in [0, 0.1) is 13.8 Å². The molecule has 0 radical (unpaired) electrons. The monoisotopic (exact) mass is 324 g/mol. The third kappa shape index (κ3) is 4.43. The van der Waals surface area contributed by atoms with Gasteiger partial charge in [0.1, 0.15) is 11.9 Å². The summed E-state index contributed by atoms with van der Waals surface area (Å²) in [5, 5.41) is 5.15. The fourth-order valence-corrected chi connectivity index (χ4v) is 3.33. The fraction of sp³-hybridized carbons (Fsp3) is 0.438. The molecule has 21 heavy (non-hydrogen) atoms. The van der Waals surface area contributed by atoms with Crippen LogP contribution in [0.3, 0.4) is 0 Å². The Morgan fingerprint density at radius 3 is 2.71 bits per heavy atom. The van der Waals surface area contributed by atoms with E-state index in [1.165, 1.54) is 4.88 Å². The van der Waals surface area contributed by atoms with E-state index in [9.17, 15) is 0 Å². The van der Waals surface area contributed by atoms with Crippen molar-refractivity contribution in [3.8, 4) is 5.75 Å². The van der Waals surface area contributed by atoms with Crippen LogP contribution in [-0.4, -0.2) is 24.2 Å². The molecule has 2 rings (SSSR count). The summed E-state index contributed by atoms with van der Waals surface area (Å²) in [6, 6.07) is 7.70. The zero-order chi connectivity index (χ0) is 15.4. The van der Waals surface area contributed by atoms with Gasteiger partial charge in [-0.3, -0.25) is 0 Å². The third-order valence-electron chi connectivity index (χ3n) is 3.52. The van der Waals surface area contributed by atoms with E-state index in [0.29, 0.717) is 5.02 Å². The molecule has 0 aliphatic rings. The highest BCUT2D eigenvalue weighted by molar-refractivity contribution is 7.11. The maximum absolute atomic E-state index is 5.99. The zero-order valence-electron chi connectivity index (χ0n) is 12.8. The summed E-state index contributed by atoms with van der Waals surface area (Å²) in [5.41, 5.74) is 1.12. The first-order chi connectivity index (χ1) is 9.99. The lowest BCUT2D eigenvalue weighted by Gasteiger charge is -2.24. The largest absolute Gasteiger partial charge is 0.489 e. The number of hydrogen-bond donors (Lipinski definition) is 1. The van der Waals surface area contributed by atoms with Gasteiger partial charge >= 0.3 is 0 Å². The van der Waals surface area contributed by atoms with Crippen molar-refractivity contribution in [2.24, 2.45) is 0 Å². The van der Waals surface area contributed by atoms with Crippen molar-refractivity contribution in [2.75, 3.05) is 7.05 Å². The molecule has 0 saturated heterocycles. The predicted molar refractivity (Wildman–Crippen MR) is 89.7 cm³/mol. The Labute approximate surface area is 135 Å². The maximum Gasteiger partial charge on any atom is 0.121 e. The Morgan fingerprint density at radius 2 is 2.14 bits per heavy atom. The van der Waals surface area contributed by atoms with E-state index >= 15 is 0 Å². The Morgan fingerprint density at radius 1 is 1.38 bits per heavy atom. The minimum atomic E-state index is 0.0259. The lowest BCUT2D eigenvalue weighted by Crippen LogP contribution is -2.41. The molecule has 3 nitrogen and oxygen atoms in total. The molecule has 2 atom stereocenters. The zero-order valence-corrected chi connectivity index (χ0v) is 14.4. The summed E-state index contributed by atoms with van der Waals surface area (Å²) >= 11 is 7.74. The van der Waals surface area contributed by atoms with Crippen molar-refractivity contribution in [3.63, 3.8) is 0 Å². The Bertz CT molecular complexity index is 580. The molecule has 0 bridgehead atoms. The average molecular weight is 325 g/mol. The van der Waals surface area contributed by atoms with E-state index in [-0.39, 0.29) is 12.1 Å². The second-order valence-corrected chi connectivity index (χ2v) is 6.85. The Balaban J connectivity index is 2.02. The van der Waals surface area contributed by atoms with Gasteiger partial charge in [-0.25, -0.2) is 4.98 Å². The molecule has 5 heteroatoms. The standard InChI is InChI=1S/C16H21ClN2OS/c1-10-12(3)21-16(19-10)9-15(18-4)11(2)20-14-7-5-6-13(17)8-14/h5-8,11,15,18H,9H2,1-4H3. The normalized spacial score (nSPS) is 14.0. The summed E-state index contributed by atoms with van der Waals surface area (Å²) in [6.07, 6.45) is 0.885. The topological polar surface area (TPSA) is 34.2 Å².